The molecule has 0 radical (unpaired) electrons. The van der Waals surface area contributed by atoms with Crippen molar-refractivity contribution in [2.75, 3.05) is 36.1 Å². The van der Waals surface area contributed by atoms with E-state index in [0.717, 1.165) is 87.6 Å². The van der Waals surface area contributed by atoms with Gasteiger partial charge in [-0.2, -0.15) is 0 Å². The van der Waals surface area contributed by atoms with Crippen molar-refractivity contribution in [2.45, 2.75) is 45.4 Å². The molecule has 0 bridgehead atoms. The predicted molar refractivity (Wildman–Crippen MR) is 172 cm³/mol. The van der Waals surface area contributed by atoms with Gasteiger partial charge in [0.1, 0.15) is 5.82 Å². The summed E-state index contributed by atoms with van der Waals surface area (Å²) in [5.74, 6) is 0.810. The number of aryl methyl sites for hydroxylation is 2. The summed E-state index contributed by atoms with van der Waals surface area (Å²) in [6.45, 7) is 5.50. The molecule has 2 aliphatic heterocycles. The van der Waals surface area contributed by atoms with Crippen molar-refractivity contribution in [1.29, 1.82) is 0 Å². The molecule has 2 aromatic carbocycles. The Hall–Kier alpha value is -3.81. The van der Waals surface area contributed by atoms with Crippen LogP contribution in [0.2, 0.25) is 0 Å². The lowest BCUT2D eigenvalue weighted by molar-refractivity contribution is -0.000511. The Kier molecular flexibility index (Phi) is 7.62. The van der Waals surface area contributed by atoms with Crippen LogP contribution >= 0.6 is 11.3 Å². The van der Waals surface area contributed by atoms with Crippen LogP contribution < -0.4 is 9.80 Å². The van der Waals surface area contributed by atoms with Gasteiger partial charge < -0.3 is 9.64 Å². The predicted octanol–water partition coefficient (Wildman–Crippen LogP) is 7.29. The van der Waals surface area contributed by atoms with E-state index >= 15 is 0 Å². The number of amides is 1. The molecular formula is C36H37N3O3S. The first-order valence-corrected chi connectivity index (χ1v) is 16.3. The molecule has 0 N–H and O–H groups in total. The van der Waals surface area contributed by atoms with Crippen LogP contribution in [0.5, 0.6) is 0 Å². The number of rotatable bonds is 7. The highest BCUT2D eigenvalue weighted by atomic mass is 32.1. The third kappa shape index (κ3) is 5.30. The van der Waals surface area contributed by atoms with Crippen LogP contribution in [0.15, 0.2) is 78.3 Å². The van der Waals surface area contributed by atoms with Gasteiger partial charge in [-0.3, -0.25) is 14.5 Å². The van der Waals surface area contributed by atoms with Gasteiger partial charge in [-0.1, -0.05) is 25.1 Å². The van der Waals surface area contributed by atoms with Gasteiger partial charge >= 0.3 is 0 Å². The third-order valence-electron chi connectivity index (χ3n) is 9.55. The highest BCUT2D eigenvalue weighted by molar-refractivity contribution is 7.10. The van der Waals surface area contributed by atoms with E-state index in [9.17, 15) is 9.59 Å². The van der Waals surface area contributed by atoms with Crippen LogP contribution in [0.1, 0.15) is 62.9 Å². The number of ketones is 1. The van der Waals surface area contributed by atoms with Crippen LogP contribution in [0.25, 0.3) is 0 Å². The van der Waals surface area contributed by atoms with Crippen LogP contribution in [0, 0.1) is 11.3 Å². The molecule has 1 amide bonds. The van der Waals surface area contributed by atoms with Gasteiger partial charge in [-0.05, 0) is 104 Å². The maximum absolute atomic E-state index is 14.6. The number of carbonyl (C=O) groups is 2. The number of para-hydroxylation sites is 1. The van der Waals surface area contributed by atoms with Crippen LogP contribution in [0.3, 0.4) is 0 Å². The Bertz CT molecular complexity index is 1630. The number of thiophene rings is 1. The highest BCUT2D eigenvalue weighted by Gasteiger charge is 2.45. The van der Waals surface area contributed by atoms with E-state index in [0.29, 0.717) is 11.1 Å². The van der Waals surface area contributed by atoms with Gasteiger partial charge in [0.2, 0.25) is 0 Å². The number of Topliss-reactive ketones (excluding diaryl/α,β-unsaturated/α-hetero) is 1. The lowest BCUT2D eigenvalue weighted by Crippen LogP contribution is -2.59. The SMILES string of the molecule is CCc1ccccc1N(C(=O)c1cccnc1N1CC2(CCOCC2)C1)c1ccc(C(=O)C2CCc3ccsc3C2)cc1. The number of hydrogen-bond donors (Lipinski definition) is 0. The van der Waals surface area contributed by atoms with Gasteiger partial charge in [0.05, 0.1) is 11.3 Å². The van der Waals surface area contributed by atoms with Gasteiger partial charge in [0.25, 0.3) is 5.91 Å². The van der Waals surface area contributed by atoms with E-state index in [-0.39, 0.29) is 23.0 Å². The average Bonchev–Trinajstić information content (AvgIpc) is 3.52. The zero-order valence-electron chi connectivity index (χ0n) is 24.6. The average molecular weight is 592 g/mol. The molecule has 4 aromatic rings. The second kappa shape index (κ2) is 11.7. The number of ether oxygens (including phenoxy) is 1. The number of hydrogen-bond acceptors (Lipinski definition) is 6. The Balaban J connectivity index is 1.19. The number of nitrogens with zero attached hydrogens (tertiary/aromatic N) is 3. The molecule has 2 aromatic heterocycles. The molecule has 2 fully saturated rings. The van der Waals surface area contributed by atoms with E-state index < -0.39 is 0 Å². The monoisotopic (exact) mass is 591 g/mol. The number of benzene rings is 2. The minimum Gasteiger partial charge on any atom is -0.381 e. The second-order valence-corrected chi connectivity index (χ2v) is 13.2. The van der Waals surface area contributed by atoms with Crippen LogP contribution in [-0.4, -0.2) is 43.0 Å². The molecular weight excluding hydrogens is 554 g/mol. The van der Waals surface area contributed by atoms with Gasteiger partial charge in [-0.15, -0.1) is 11.3 Å². The molecule has 1 atom stereocenters. The van der Waals surface area contributed by atoms with Crippen molar-refractivity contribution in [2.24, 2.45) is 11.3 Å². The molecule has 7 rings (SSSR count). The molecule has 4 heterocycles. The quantitative estimate of drug-likeness (QED) is 0.211. The fraction of sp³-hybridized carbons (Fsp3) is 0.361. The number of aromatic nitrogens is 1. The van der Waals surface area contributed by atoms with Crippen molar-refractivity contribution in [3.8, 4) is 0 Å². The molecule has 220 valence electrons. The normalized spacial score (nSPS) is 19.0. The summed E-state index contributed by atoms with van der Waals surface area (Å²) in [4.78, 5) is 38.2. The van der Waals surface area contributed by atoms with Crippen LogP contribution in [-0.2, 0) is 24.0 Å². The van der Waals surface area contributed by atoms with E-state index in [1.807, 2.05) is 54.6 Å². The Morgan fingerprint density at radius 1 is 1.02 bits per heavy atom. The van der Waals surface area contributed by atoms with Gasteiger partial charge in [0.15, 0.2) is 5.78 Å². The van der Waals surface area contributed by atoms with Crippen molar-refractivity contribution in [1.82, 2.24) is 4.98 Å². The molecule has 0 saturated carbocycles. The van der Waals surface area contributed by atoms with E-state index in [1.54, 1.807) is 22.4 Å². The summed E-state index contributed by atoms with van der Waals surface area (Å²) in [7, 11) is 0. The summed E-state index contributed by atoms with van der Waals surface area (Å²) >= 11 is 1.75. The topological polar surface area (TPSA) is 62.7 Å². The van der Waals surface area contributed by atoms with Crippen molar-refractivity contribution in [3.05, 3.63) is 105 Å². The van der Waals surface area contributed by atoms with Crippen LogP contribution in [0.4, 0.5) is 17.2 Å². The van der Waals surface area contributed by atoms with Gasteiger partial charge in [-0.25, -0.2) is 4.98 Å². The number of pyridine rings is 1. The second-order valence-electron chi connectivity index (χ2n) is 12.2. The Morgan fingerprint density at radius 2 is 1.81 bits per heavy atom. The molecule has 43 heavy (non-hydrogen) atoms. The first kappa shape index (κ1) is 28.0. The summed E-state index contributed by atoms with van der Waals surface area (Å²) in [6, 6.07) is 21.6. The van der Waals surface area contributed by atoms with Gasteiger partial charge in [0, 0.05) is 60.0 Å². The summed E-state index contributed by atoms with van der Waals surface area (Å²) in [5.41, 5.74) is 5.62. The maximum atomic E-state index is 14.6. The standard InChI is InChI=1S/C36H37N3O3S/c1-2-25-6-3-4-8-31(25)39(29-13-11-27(12-14-29)33(40)28-10-9-26-15-21-43-32(26)22-28)35(41)30-7-5-18-37-34(30)38-23-36(24-38)16-19-42-20-17-36/h3-8,11-15,18,21,28H,2,9-10,16-17,19-20,22-24H2,1H3. The van der Waals surface area contributed by atoms with Crippen molar-refractivity contribution < 1.29 is 14.3 Å². The summed E-state index contributed by atoms with van der Waals surface area (Å²) < 4.78 is 5.61. The fourth-order valence-corrected chi connectivity index (χ4v) is 8.04. The third-order valence-corrected chi connectivity index (χ3v) is 10.5. The summed E-state index contributed by atoms with van der Waals surface area (Å²) in [5, 5.41) is 2.13. The fourth-order valence-electron chi connectivity index (χ4n) is 7.02. The van der Waals surface area contributed by atoms with Crippen molar-refractivity contribution in [3.63, 3.8) is 0 Å². The number of carbonyl (C=O) groups excluding carboxylic acids is 2. The molecule has 1 spiro atoms. The number of fused-ring (bicyclic) bond motifs is 1. The highest BCUT2D eigenvalue weighted by Crippen LogP contribution is 2.43. The zero-order chi connectivity index (χ0) is 29.4. The van der Waals surface area contributed by atoms with E-state index in [1.165, 1.54) is 10.4 Å². The Morgan fingerprint density at radius 3 is 2.60 bits per heavy atom. The molecule has 1 aliphatic carbocycles. The van der Waals surface area contributed by atoms with E-state index in [4.69, 9.17) is 9.72 Å². The molecule has 3 aliphatic rings. The largest absolute Gasteiger partial charge is 0.381 e. The first-order chi connectivity index (χ1) is 21.0. The lowest BCUT2D eigenvalue weighted by atomic mass is 9.73. The molecule has 1 unspecified atom stereocenters. The van der Waals surface area contributed by atoms with E-state index in [2.05, 4.69) is 29.3 Å². The van der Waals surface area contributed by atoms with Crippen molar-refractivity contribution >= 4 is 40.2 Å². The first-order valence-electron chi connectivity index (χ1n) is 15.4. The zero-order valence-corrected chi connectivity index (χ0v) is 25.4. The molecule has 2 saturated heterocycles. The molecule has 6 nitrogen and oxygen atoms in total. The summed E-state index contributed by atoms with van der Waals surface area (Å²) in [6.07, 6.45) is 7.33. The number of anilines is 3. The Labute approximate surface area is 257 Å². The maximum Gasteiger partial charge on any atom is 0.266 e. The smallest absolute Gasteiger partial charge is 0.266 e. The lowest BCUT2D eigenvalue weighted by Gasteiger charge is -2.53. The minimum absolute atomic E-state index is 0.00375. The molecule has 7 heteroatoms. The minimum atomic E-state index is -0.117.